The molecule has 0 saturated carbocycles. The molecule has 0 rings (SSSR count). The average Bonchev–Trinajstić information content (AvgIpc) is 2.41. The summed E-state index contributed by atoms with van der Waals surface area (Å²) in [6, 6.07) is 0. The van der Waals surface area contributed by atoms with Gasteiger partial charge in [-0.3, -0.25) is 4.79 Å². The van der Waals surface area contributed by atoms with Crippen LogP contribution in [0.25, 0.3) is 0 Å². The van der Waals surface area contributed by atoms with E-state index in [1.807, 2.05) is 0 Å². The highest BCUT2D eigenvalue weighted by atomic mass is 16.3. The van der Waals surface area contributed by atoms with Gasteiger partial charge in [0.05, 0.1) is 18.0 Å². The lowest BCUT2D eigenvalue weighted by atomic mass is 10.0. The van der Waals surface area contributed by atoms with Crippen molar-refractivity contribution < 1.29 is 15.0 Å². The van der Waals surface area contributed by atoms with E-state index >= 15 is 0 Å². The molecule has 0 bridgehead atoms. The number of aliphatic hydroxyl groups is 2. The number of amides is 1. The highest BCUT2D eigenvalue weighted by Crippen LogP contribution is 2.06. The summed E-state index contributed by atoms with van der Waals surface area (Å²) >= 11 is 0. The summed E-state index contributed by atoms with van der Waals surface area (Å²) in [6.07, 6.45) is -0.244. The van der Waals surface area contributed by atoms with Gasteiger partial charge in [-0.25, -0.2) is 0 Å². The zero-order chi connectivity index (χ0) is 15.9. The Bertz CT molecular complexity index is 393. The fourth-order valence-corrected chi connectivity index (χ4v) is 1.36. The Morgan fingerprint density at radius 1 is 1.25 bits per heavy atom. The standard InChI is InChI=1S/C12H25N5O3/c1-4-8(13)17-12(20)9(14)11(15)16-5-6(2)10(19)7(3)18/h4,6-7,10,16,18-19H,5,13-15H2,1-3H3,(H,17,20)/b8-4-,11-9-/t6-,7+,10-/m1/s1. The second kappa shape index (κ2) is 8.28. The molecule has 1 amide bonds. The molecule has 0 aliphatic rings. The third kappa shape index (κ3) is 5.81. The average molecular weight is 287 g/mol. The zero-order valence-electron chi connectivity index (χ0n) is 12.1. The van der Waals surface area contributed by atoms with Gasteiger partial charge < -0.3 is 38.0 Å². The summed E-state index contributed by atoms with van der Waals surface area (Å²) in [7, 11) is 0. The molecule has 0 fully saturated rings. The molecule has 0 radical (unpaired) electrons. The summed E-state index contributed by atoms with van der Waals surface area (Å²) in [5, 5.41) is 24.0. The van der Waals surface area contributed by atoms with Crippen LogP contribution in [0.1, 0.15) is 20.8 Å². The minimum atomic E-state index is -0.899. The minimum absolute atomic E-state index is 0.0176. The molecule has 0 aromatic carbocycles. The molecule has 0 aliphatic heterocycles. The number of nitrogens with two attached hydrogens (primary N) is 3. The summed E-state index contributed by atoms with van der Waals surface area (Å²) < 4.78 is 0. The van der Waals surface area contributed by atoms with Crippen LogP contribution in [0.5, 0.6) is 0 Å². The van der Waals surface area contributed by atoms with E-state index in [4.69, 9.17) is 17.2 Å². The van der Waals surface area contributed by atoms with Crippen molar-refractivity contribution in [2.24, 2.45) is 23.1 Å². The first-order valence-corrected chi connectivity index (χ1v) is 6.29. The Hall–Kier alpha value is -1.93. The molecule has 0 saturated heterocycles. The minimum Gasteiger partial charge on any atom is -0.391 e. The maximum atomic E-state index is 11.6. The van der Waals surface area contributed by atoms with Gasteiger partial charge in [0.25, 0.3) is 5.91 Å². The van der Waals surface area contributed by atoms with Gasteiger partial charge in [0, 0.05) is 12.5 Å². The molecule has 3 atom stereocenters. The second-order valence-corrected chi connectivity index (χ2v) is 4.61. The van der Waals surface area contributed by atoms with E-state index in [1.165, 1.54) is 13.0 Å². The van der Waals surface area contributed by atoms with E-state index in [2.05, 4.69) is 10.6 Å². The second-order valence-electron chi connectivity index (χ2n) is 4.61. The SMILES string of the molecule is C/C=C(/N)NC(=O)/C(N)=C(\N)NC[C@@H](C)[C@@H](O)[C@H](C)O. The monoisotopic (exact) mass is 287 g/mol. The van der Waals surface area contributed by atoms with Crippen molar-refractivity contribution in [3.8, 4) is 0 Å². The van der Waals surface area contributed by atoms with Crippen molar-refractivity contribution in [3.05, 3.63) is 23.4 Å². The van der Waals surface area contributed by atoms with E-state index in [0.29, 0.717) is 0 Å². The molecule has 10 N–H and O–H groups in total. The van der Waals surface area contributed by atoms with E-state index < -0.39 is 18.1 Å². The fourth-order valence-electron chi connectivity index (χ4n) is 1.36. The van der Waals surface area contributed by atoms with E-state index in [1.54, 1.807) is 13.8 Å². The van der Waals surface area contributed by atoms with Gasteiger partial charge in [-0.1, -0.05) is 6.92 Å². The summed E-state index contributed by atoms with van der Waals surface area (Å²) in [5.41, 5.74) is 16.4. The van der Waals surface area contributed by atoms with Crippen molar-refractivity contribution in [2.45, 2.75) is 33.0 Å². The largest absolute Gasteiger partial charge is 0.391 e. The van der Waals surface area contributed by atoms with Crippen LogP contribution in [0.4, 0.5) is 0 Å². The van der Waals surface area contributed by atoms with Crippen molar-refractivity contribution in [1.82, 2.24) is 10.6 Å². The summed E-state index contributed by atoms with van der Waals surface area (Å²) in [6.45, 7) is 5.13. The maximum Gasteiger partial charge on any atom is 0.276 e. The van der Waals surface area contributed by atoms with Crippen LogP contribution in [0.2, 0.25) is 0 Å². The van der Waals surface area contributed by atoms with Crippen molar-refractivity contribution >= 4 is 5.91 Å². The van der Waals surface area contributed by atoms with E-state index in [0.717, 1.165) is 0 Å². The molecular formula is C12H25N5O3. The molecular weight excluding hydrogens is 262 g/mol. The van der Waals surface area contributed by atoms with E-state index in [-0.39, 0.29) is 29.8 Å². The molecule has 0 aromatic heterocycles. The van der Waals surface area contributed by atoms with Crippen LogP contribution in [-0.2, 0) is 4.79 Å². The first kappa shape index (κ1) is 18.1. The van der Waals surface area contributed by atoms with E-state index in [9.17, 15) is 15.0 Å². The molecule has 0 spiro atoms. The third-order valence-electron chi connectivity index (χ3n) is 2.80. The molecule has 0 heterocycles. The zero-order valence-corrected chi connectivity index (χ0v) is 12.1. The van der Waals surface area contributed by atoms with Crippen LogP contribution >= 0.6 is 0 Å². The van der Waals surface area contributed by atoms with Gasteiger partial charge in [-0.2, -0.15) is 0 Å². The quantitative estimate of drug-likeness (QED) is 0.266. The Balaban J connectivity index is 4.54. The Morgan fingerprint density at radius 2 is 1.80 bits per heavy atom. The number of allylic oxidation sites excluding steroid dienone is 1. The predicted molar refractivity (Wildman–Crippen MR) is 76.3 cm³/mol. The van der Waals surface area contributed by atoms with Gasteiger partial charge in [0.15, 0.2) is 0 Å². The summed E-state index contributed by atoms with van der Waals surface area (Å²) in [4.78, 5) is 11.6. The van der Waals surface area contributed by atoms with Crippen molar-refractivity contribution in [2.75, 3.05) is 6.54 Å². The first-order valence-electron chi connectivity index (χ1n) is 6.29. The van der Waals surface area contributed by atoms with Gasteiger partial charge in [0.1, 0.15) is 11.5 Å². The number of carbonyl (C=O) groups is 1. The highest BCUT2D eigenvalue weighted by molar-refractivity contribution is 5.94. The van der Waals surface area contributed by atoms with Gasteiger partial charge in [-0.15, -0.1) is 0 Å². The van der Waals surface area contributed by atoms with Crippen LogP contribution in [0, 0.1) is 5.92 Å². The van der Waals surface area contributed by atoms with Crippen molar-refractivity contribution in [3.63, 3.8) is 0 Å². The smallest absolute Gasteiger partial charge is 0.276 e. The molecule has 8 nitrogen and oxygen atoms in total. The summed E-state index contributed by atoms with van der Waals surface area (Å²) in [5.74, 6) is -0.737. The Morgan fingerprint density at radius 3 is 2.25 bits per heavy atom. The lowest BCUT2D eigenvalue weighted by Crippen LogP contribution is -2.40. The maximum absolute atomic E-state index is 11.6. The van der Waals surface area contributed by atoms with Crippen LogP contribution < -0.4 is 27.8 Å². The molecule has 0 aromatic rings. The number of carbonyl (C=O) groups excluding carboxylic acids is 1. The Labute approximate surface area is 118 Å². The normalized spacial score (nSPS) is 17.8. The number of hydrogen-bond acceptors (Lipinski definition) is 7. The van der Waals surface area contributed by atoms with Gasteiger partial charge >= 0.3 is 0 Å². The molecule has 0 unspecified atom stereocenters. The molecule has 8 heteroatoms. The fraction of sp³-hybridized carbons (Fsp3) is 0.583. The van der Waals surface area contributed by atoms with Crippen LogP contribution in [0.3, 0.4) is 0 Å². The number of rotatable bonds is 7. The molecule has 116 valence electrons. The molecule has 20 heavy (non-hydrogen) atoms. The van der Waals surface area contributed by atoms with Gasteiger partial charge in [0.2, 0.25) is 0 Å². The number of hydrogen-bond donors (Lipinski definition) is 7. The number of aliphatic hydroxyl groups excluding tert-OH is 2. The van der Waals surface area contributed by atoms with Crippen LogP contribution in [-0.4, -0.2) is 34.9 Å². The predicted octanol–water partition coefficient (Wildman–Crippen LogP) is -2.02. The van der Waals surface area contributed by atoms with Crippen LogP contribution in [0.15, 0.2) is 23.4 Å². The molecule has 0 aliphatic carbocycles. The first-order chi connectivity index (χ1) is 9.20. The topological polar surface area (TPSA) is 160 Å². The third-order valence-corrected chi connectivity index (χ3v) is 2.80. The lowest BCUT2D eigenvalue weighted by Gasteiger charge is -2.22. The highest BCUT2D eigenvalue weighted by Gasteiger charge is 2.19. The van der Waals surface area contributed by atoms with Crippen molar-refractivity contribution in [1.29, 1.82) is 0 Å². The Kier molecular flexibility index (Phi) is 7.48. The van der Waals surface area contributed by atoms with Gasteiger partial charge in [-0.05, 0) is 19.9 Å². The lowest BCUT2D eigenvalue weighted by molar-refractivity contribution is -0.117. The number of nitrogens with one attached hydrogen (secondary N) is 2.